The molecule has 6 heteroatoms. The van der Waals surface area contributed by atoms with Crippen LogP contribution in [0.25, 0.3) is 0 Å². The lowest BCUT2D eigenvalue weighted by Crippen LogP contribution is -2.50. The van der Waals surface area contributed by atoms with Gasteiger partial charge in [0.2, 0.25) is 5.89 Å². The van der Waals surface area contributed by atoms with E-state index >= 15 is 0 Å². The van der Waals surface area contributed by atoms with Gasteiger partial charge < -0.3 is 14.3 Å². The quantitative estimate of drug-likeness (QED) is 0.780. The summed E-state index contributed by atoms with van der Waals surface area (Å²) in [6.45, 7) is 7.22. The summed E-state index contributed by atoms with van der Waals surface area (Å²) in [5.74, 6) is 1.68. The Morgan fingerprint density at radius 1 is 1.38 bits per heavy atom. The minimum atomic E-state index is 0.162. The van der Waals surface area contributed by atoms with Crippen molar-refractivity contribution in [2.75, 3.05) is 33.7 Å². The predicted molar refractivity (Wildman–Crippen MR) is 80.1 cm³/mol. The van der Waals surface area contributed by atoms with Crippen molar-refractivity contribution in [3.63, 3.8) is 0 Å². The molecule has 1 aromatic heterocycles. The van der Waals surface area contributed by atoms with E-state index in [1.54, 1.807) is 0 Å². The lowest BCUT2D eigenvalue weighted by molar-refractivity contribution is -0.119. The highest BCUT2D eigenvalue weighted by molar-refractivity contribution is 5.80. The lowest BCUT2D eigenvalue weighted by atomic mass is 10.1. The maximum Gasteiger partial charge on any atom is 0.234 e. The predicted octanol–water partition coefficient (Wildman–Crippen LogP) is 1.02. The van der Waals surface area contributed by atoms with Gasteiger partial charge in [-0.2, -0.15) is 4.98 Å². The molecular formula is C15H26N4O2. The van der Waals surface area contributed by atoms with Crippen LogP contribution in [-0.4, -0.2) is 65.5 Å². The maximum absolute atomic E-state index is 11.8. The topological polar surface area (TPSA) is 62.5 Å². The van der Waals surface area contributed by atoms with Crippen LogP contribution >= 0.6 is 0 Å². The SMILES string of the molecule is CC(C)CC(=O)Cc1nc(CC2CN(C)CCN2C)no1. The van der Waals surface area contributed by atoms with E-state index in [9.17, 15) is 4.79 Å². The second kappa shape index (κ2) is 7.13. The van der Waals surface area contributed by atoms with Gasteiger partial charge in [0, 0.05) is 38.5 Å². The Bertz CT molecular complexity index is 472. The fourth-order valence-corrected chi connectivity index (χ4v) is 2.67. The molecule has 0 aromatic carbocycles. The van der Waals surface area contributed by atoms with Crippen molar-refractivity contribution >= 4 is 5.78 Å². The number of piperazine rings is 1. The number of carbonyl (C=O) groups is 1. The Labute approximate surface area is 126 Å². The summed E-state index contributed by atoms with van der Waals surface area (Å²) in [4.78, 5) is 20.8. The van der Waals surface area contributed by atoms with E-state index in [1.165, 1.54) is 0 Å². The number of rotatable bonds is 6. The molecule has 6 nitrogen and oxygen atoms in total. The Kier molecular flexibility index (Phi) is 5.47. The maximum atomic E-state index is 11.8. The van der Waals surface area contributed by atoms with E-state index in [2.05, 4.69) is 34.0 Å². The van der Waals surface area contributed by atoms with Gasteiger partial charge in [-0.15, -0.1) is 0 Å². The monoisotopic (exact) mass is 294 g/mol. The Balaban J connectivity index is 1.89. The van der Waals surface area contributed by atoms with Crippen LogP contribution in [0.5, 0.6) is 0 Å². The molecule has 2 rings (SSSR count). The average molecular weight is 294 g/mol. The number of Topliss-reactive ketones (excluding diaryl/α,β-unsaturated/α-hetero) is 1. The summed E-state index contributed by atoms with van der Waals surface area (Å²) in [5, 5.41) is 4.02. The highest BCUT2D eigenvalue weighted by Gasteiger charge is 2.24. The Morgan fingerprint density at radius 2 is 2.14 bits per heavy atom. The summed E-state index contributed by atoms with van der Waals surface area (Å²) < 4.78 is 5.21. The normalized spacial score (nSPS) is 21.1. The number of nitrogens with zero attached hydrogens (tertiary/aromatic N) is 4. The van der Waals surface area contributed by atoms with E-state index in [4.69, 9.17) is 4.52 Å². The zero-order valence-corrected chi connectivity index (χ0v) is 13.5. The number of ketones is 1. The Hall–Kier alpha value is -1.27. The van der Waals surface area contributed by atoms with E-state index in [0.717, 1.165) is 26.1 Å². The summed E-state index contributed by atoms with van der Waals surface area (Å²) in [6, 6.07) is 0.403. The molecule has 0 spiro atoms. The first-order valence-corrected chi connectivity index (χ1v) is 7.66. The van der Waals surface area contributed by atoms with Crippen LogP contribution in [-0.2, 0) is 17.6 Å². The van der Waals surface area contributed by atoms with Crippen LogP contribution in [0.1, 0.15) is 32.0 Å². The highest BCUT2D eigenvalue weighted by atomic mass is 16.5. The van der Waals surface area contributed by atoms with Gasteiger partial charge in [0.25, 0.3) is 0 Å². The van der Waals surface area contributed by atoms with Gasteiger partial charge in [0.1, 0.15) is 5.78 Å². The second-order valence-electron chi connectivity index (χ2n) is 6.52. The van der Waals surface area contributed by atoms with E-state index in [0.29, 0.717) is 30.1 Å². The van der Waals surface area contributed by atoms with Gasteiger partial charge in [0.05, 0.1) is 6.42 Å². The first-order chi connectivity index (χ1) is 9.94. The molecule has 0 radical (unpaired) electrons. The van der Waals surface area contributed by atoms with Crippen molar-refractivity contribution < 1.29 is 9.32 Å². The van der Waals surface area contributed by atoms with Crippen LogP contribution in [0.3, 0.4) is 0 Å². The molecule has 2 heterocycles. The van der Waals surface area contributed by atoms with Gasteiger partial charge in [-0.3, -0.25) is 4.79 Å². The molecule has 0 aliphatic carbocycles. The van der Waals surface area contributed by atoms with Crippen molar-refractivity contribution in [1.82, 2.24) is 19.9 Å². The number of likely N-dealkylation sites (N-methyl/N-ethyl adjacent to an activating group) is 2. The van der Waals surface area contributed by atoms with E-state index in [1.807, 2.05) is 13.8 Å². The summed E-state index contributed by atoms with van der Waals surface area (Å²) in [7, 11) is 4.26. The molecular weight excluding hydrogens is 268 g/mol. The van der Waals surface area contributed by atoms with Crippen LogP contribution in [0.2, 0.25) is 0 Å². The zero-order chi connectivity index (χ0) is 15.4. The molecule has 0 N–H and O–H groups in total. The number of carbonyl (C=O) groups excluding carboxylic acids is 1. The molecule has 21 heavy (non-hydrogen) atoms. The molecule has 118 valence electrons. The summed E-state index contributed by atoms with van der Waals surface area (Å²) in [6.07, 6.45) is 1.59. The van der Waals surface area contributed by atoms with Crippen molar-refractivity contribution in [3.05, 3.63) is 11.7 Å². The molecule has 1 saturated heterocycles. The molecule has 1 fully saturated rings. The zero-order valence-electron chi connectivity index (χ0n) is 13.5. The molecule has 1 aromatic rings. The lowest BCUT2D eigenvalue weighted by Gasteiger charge is -2.37. The van der Waals surface area contributed by atoms with Crippen LogP contribution in [0, 0.1) is 5.92 Å². The highest BCUT2D eigenvalue weighted by Crippen LogP contribution is 2.12. The third-order valence-corrected chi connectivity index (χ3v) is 3.89. The number of aromatic nitrogens is 2. The van der Waals surface area contributed by atoms with E-state index < -0.39 is 0 Å². The fraction of sp³-hybridized carbons (Fsp3) is 0.800. The molecule has 0 saturated carbocycles. The average Bonchev–Trinajstić information content (AvgIpc) is 2.80. The first-order valence-electron chi connectivity index (χ1n) is 7.66. The molecule has 0 amide bonds. The van der Waals surface area contributed by atoms with Crippen molar-refractivity contribution in [3.8, 4) is 0 Å². The Morgan fingerprint density at radius 3 is 2.86 bits per heavy atom. The molecule has 1 aliphatic rings. The smallest absolute Gasteiger partial charge is 0.234 e. The van der Waals surface area contributed by atoms with Crippen molar-refractivity contribution in [2.24, 2.45) is 5.92 Å². The van der Waals surface area contributed by atoms with Gasteiger partial charge in [0.15, 0.2) is 5.82 Å². The molecule has 0 bridgehead atoms. The van der Waals surface area contributed by atoms with Crippen molar-refractivity contribution in [2.45, 2.75) is 39.2 Å². The third-order valence-electron chi connectivity index (χ3n) is 3.89. The second-order valence-corrected chi connectivity index (χ2v) is 6.52. The first kappa shape index (κ1) is 16.1. The fourth-order valence-electron chi connectivity index (χ4n) is 2.67. The molecule has 1 atom stereocenters. The minimum Gasteiger partial charge on any atom is -0.339 e. The number of hydrogen-bond acceptors (Lipinski definition) is 6. The number of hydrogen-bond donors (Lipinski definition) is 0. The van der Waals surface area contributed by atoms with Crippen LogP contribution in [0.4, 0.5) is 0 Å². The van der Waals surface area contributed by atoms with Gasteiger partial charge in [-0.25, -0.2) is 0 Å². The molecule has 1 unspecified atom stereocenters. The van der Waals surface area contributed by atoms with E-state index in [-0.39, 0.29) is 12.2 Å². The third kappa shape index (κ3) is 4.89. The van der Waals surface area contributed by atoms with Crippen LogP contribution < -0.4 is 0 Å². The standard InChI is InChI=1S/C15H26N4O2/c1-11(2)7-13(20)9-15-16-14(17-21-15)8-12-10-18(3)5-6-19(12)4/h11-12H,5-10H2,1-4H3. The minimum absolute atomic E-state index is 0.162. The van der Waals surface area contributed by atoms with Gasteiger partial charge >= 0.3 is 0 Å². The molecule has 1 aliphatic heterocycles. The van der Waals surface area contributed by atoms with Gasteiger partial charge in [-0.1, -0.05) is 19.0 Å². The van der Waals surface area contributed by atoms with Gasteiger partial charge in [-0.05, 0) is 20.0 Å². The van der Waals surface area contributed by atoms with Crippen LogP contribution in [0.15, 0.2) is 4.52 Å². The largest absolute Gasteiger partial charge is 0.339 e. The summed E-state index contributed by atoms with van der Waals surface area (Å²) in [5.41, 5.74) is 0. The summed E-state index contributed by atoms with van der Waals surface area (Å²) >= 11 is 0. The van der Waals surface area contributed by atoms with Crippen molar-refractivity contribution in [1.29, 1.82) is 0 Å².